The first-order valence-electron chi connectivity index (χ1n) is 6.02. The minimum absolute atomic E-state index is 0.0256. The number of morpholine rings is 1. The molecule has 0 aliphatic carbocycles. The molecule has 1 heterocycles. The summed E-state index contributed by atoms with van der Waals surface area (Å²) in [6.07, 6.45) is 0.503. The fraction of sp³-hybridized carbons (Fsp3) is 0.462. The molecule has 1 fully saturated rings. The maximum atomic E-state index is 12.1. The zero-order chi connectivity index (χ0) is 13.0. The molecule has 0 saturated carbocycles. The van der Waals surface area contributed by atoms with Crippen molar-refractivity contribution in [3.8, 4) is 0 Å². The van der Waals surface area contributed by atoms with Gasteiger partial charge in [0.15, 0.2) is 0 Å². The van der Waals surface area contributed by atoms with Gasteiger partial charge in [-0.15, -0.1) is 11.6 Å². The number of rotatable bonds is 3. The van der Waals surface area contributed by atoms with E-state index >= 15 is 0 Å². The highest BCUT2D eigenvalue weighted by Gasteiger charge is 2.24. The van der Waals surface area contributed by atoms with Gasteiger partial charge in [-0.1, -0.05) is 12.1 Å². The molecule has 1 aromatic rings. The normalized spacial score (nSPS) is 17.5. The first kappa shape index (κ1) is 13.2. The maximum Gasteiger partial charge on any atom is 0.241 e. The Morgan fingerprint density at radius 2 is 2.17 bits per heavy atom. The van der Waals surface area contributed by atoms with Gasteiger partial charge in [0.2, 0.25) is 5.91 Å². The lowest BCUT2D eigenvalue weighted by atomic mass is 10.1. The summed E-state index contributed by atoms with van der Waals surface area (Å²) >= 11 is 6.18. The summed E-state index contributed by atoms with van der Waals surface area (Å²) in [4.78, 5) is 13.9. The number of benzene rings is 1. The zero-order valence-corrected chi connectivity index (χ0v) is 10.9. The average Bonchev–Trinajstić information content (AvgIpc) is 2.39. The Hall–Kier alpha value is -1.26. The van der Waals surface area contributed by atoms with E-state index in [0.717, 1.165) is 5.56 Å². The third-order valence-corrected chi connectivity index (χ3v) is 3.30. The Kier molecular flexibility index (Phi) is 4.44. The molecule has 2 rings (SSSR count). The summed E-state index contributed by atoms with van der Waals surface area (Å²) in [6, 6.07) is 7.46. The number of amides is 1. The number of carbonyl (C=O) groups is 1. The van der Waals surface area contributed by atoms with Crippen LogP contribution in [0, 0.1) is 0 Å². The van der Waals surface area contributed by atoms with Crippen molar-refractivity contribution in [3.05, 3.63) is 29.8 Å². The molecule has 1 aliphatic rings. The van der Waals surface area contributed by atoms with E-state index in [-0.39, 0.29) is 5.91 Å². The van der Waals surface area contributed by atoms with Gasteiger partial charge >= 0.3 is 0 Å². The maximum absolute atomic E-state index is 12.1. The van der Waals surface area contributed by atoms with E-state index in [2.05, 4.69) is 0 Å². The highest BCUT2D eigenvalue weighted by molar-refractivity contribution is 6.30. The van der Waals surface area contributed by atoms with Gasteiger partial charge in [-0.05, 0) is 24.1 Å². The highest BCUT2D eigenvalue weighted by atomic mass is 35.5. The van der Waals surface area contributed by atoms with E-state index in [1.165, 1.54) is 0 Å². The number of alkyl halides is 1. The molecule has 0 radical (unpaired) electrons. The van der Waals surface area contributed by atoms with Crippen LogP contribution in [-0.2, 0) is 16.0 Å². The number of halogens is 1. The lowest BCUT2D eigenvalue weighted by Crippen LogP contribution is -2.44. The molecule has 1 aromatic carbocycles. The summed E-state index contributed by atoms with van der Waals surface area (Å²) in [5, 5.41) is -0.537. The summed E-state index contributed by atoms with van der Waals surface area (Å²) in [7, 11) is 0. The Balaban J connectivity index is 1.94. The second kappa shape index (κ2) is 6.07. The number of nitrogen functional groups attached to an aromatic ring is 1. The van der Waals surface area contributed by atoms with Crippen molar-refractivity contribution in [2.24, 2.45) is 0 Å². The van der Waals surface area contributed by atoms with Crippen molar-refractivity contribution < 1.29 is 9.53 Å². The van der Waals surface area contributed by atoms with E-state index in [1.54, 1.807) is 4.90 Å². The van der Waals surface area contributed by atoms with Crippen molar-refractivity contribution in [1.29, 1.82) is 0 Å². The molecule has 1 unspecified atom stereocenters. The van der Waals surface area contributed by atoms with E-state index < -0.39 is 5.38 Å². The molecule has 1 aliphatic heterocycles. The molecular formula is C13H17ClN2O2. The fourth-order valence-electron chi connectivity index (χ4n) is 2.00. The van der Waals surface area contributed by atoms with Crippen LogP contribution >= 0.6 is 11.6 Å². The predicted octanol–water partition coefficient (Wildman–Crippen LogP) is 1.28. The molecule has 98 valence electrons. The monoisotopic (exact) mass is 268 g/mol. The van der Waals surface area contributed by atoms with Crippen LogP contribution in [0.3, 0.4) is 0 Å². The lowest BCUT2D eigenvalue weighted by Gasteiger charge is -2.28. The van der Waals surface area contributed by atoms with Gasteiger partial charge in [0.25, 0.3) is 0 Å². The highest BCUT2D eigenvalue weighted by Crippen LogP contribution is 2.14. The predicted molar refractivity (Wildman–Crippen MR) is 71.6 cm³/mol. The number of carbonyl (C=O) groups excluding carboxylic acids is 1. The Morgan fingerprint density at radius 1 is 1.44 bits per heavy atom. The standard InChI is InChI=1S/C13H17ClN2O2/c14-12(9-10-2-1-3-11(15)8-10)13(17)16-4-6-18-7-5-16/h1-3,8,12H,4-7,9,15H2. The SMILES string of the molecule is Nc1cccc(CC(Cl)C(=O)N2CCOCC2)c1. The largest absolute Gasteiger partial charge is 0.399 e. The molecule has 1 atom stereocenters. The second-order valence-corrected chi connectivity index (χ2v) is 4.88. The Morgan fingerprint density at radius 3 is 2.83 bits per heavy atom. The van der Waals surface area contributed by atoms with E-state index in [9.17, 15) is 4.79 Å². The Bertz CT molecular complexity index is 419. The molecule has 0 bridgehead atoms. The summed E-state index contributed by atoms with van der Waals surface area (Å²) in [5.74, 6) is -0.0256. The van der Waals surface area contributed by atoms with Crippen molar-refractivity contribution in [2.75, 3.05) is 32.0 Å². The van der Waals surface area contributed by atoms with Gasteiger partial charge in [-0.25, -0.2) is 0 Å². The molecule has 1 amide bonds. The topological polar surface area (TPSA) is 55.6 Å². The molecule has 4 nitrogen and oxygen atoms in total. The number of anilines is 1. The van der Waals surface area contributed by atoms with E-state index in [0.29, 0.717) is 38.4 Å². The number of ether oxygens (including phenoxy) is 1. The second-order valence-electron chi connectivity index (χ2n) is 4.35. The van der Waals surface area contributed by atoms with Gasteiger partial charge in [-0.2, -0.15) is 0 Å². The zero-order valence-electron chi connectivity index (χ0n) is 10.1. The van der Waals surface area contributed by atoms with Gasteiger partial charge in [0.1, 0.15) is 5.38 Å². The number of hydrogen-bond acceptors (Lipinski definition) is 3. The first-order chi connectivity index (χ1) is 8.66. The lowest BCUT2D eigenvalue weighted by molar-refractivity contribution is -0.134. The van der Waals surface area contributed by atoms with Crippen molar-refractivity contribution in [2.45, 2.75) is 11.8 Å². The van der Waals surface area contributed by atoms with Gasteiger partial charge in [0.05, 0.1) is 13.2 Å². The molecule has 2 N–H and O–H groups in total. The minimum Gasteiger partial charge on any atom is -0.399 e. The summed E-state index contributed by atoms with van der Waals surface area (Å²) in [5.41, 5.74) is 7.37. The van der Waals surface area contributed by atoms with Crippen LogP contribution in [0.15, 0.2) is 24.3 Å². The summed E-state index contributed by atoms with van der Waals surface area (Å²) in [6.45, 7) is 2.43. The molecule has 5 heteroatoms. The van der Waals surface area contributed by atoms with Crippen LogP contribution in [0.25, 0.3) is 0 Å². The minimum atomic E-state index is -0.537. The van der Waals surface area contributed by atoms with Gasteiger partial charge in [-0.3, -0.25) is 4.79 Å². The molecule has 0 spiro atoms. The molecule has 0 aromatic heterocycles. The van der Waals surface area contributed by atoms with Gasteiger partial charge < -0.3 is 15.4 Å². The Labute approximate surface area is 112 Å². The third-order valence-electron chi connectivity index (χ3n) is 2.96. The first-order valence-corrected chi connectivity index (χ1v) is 6.45. The average molecular weight is 269 g/mol. The van der Waals surface area contributed by atoms with Crippen LogP contribution in [0.2, 0.25) is 0 Å². The van der Waals surface area contributed by atoms with E-state index in [4.69, 9.17) is 22.1 Å². The fourth-order valence-corrected chi connectivity index (χ4v) is 2.31. The van der Waals surface area contributed by atoms with Crippen LogP contribution in [0.1, 0.15) is 5.56 Å². The number of nitrogens with zero attached hydrogens (tertiary/aromatic N) is 1. The smallest absolute Gasteiger partial charge is 0.241 e. The quantitative estimate of drug-likeness (QED) is 0.664. The summed E-state index contributed by atoms with van der Waals surface area (Å²) < 4.78 is 5.21. The number of hydrogen-bond donors (Lipinski definition) is 1. The molecule has 18 heavy (non-hydrogen) atoms. The third kappa shape index (κ3) is 3.37. The number of nitrogens with two attached hydrogens (primary N) is 1. The van der Waals surface area contributed by atoms with Gasteiger partial charge in [0, 0.05) is 18.8 Å². The van der Waals surface area contributed by atoms with Crippen LogP contribution in [0.5, 0.6) is 0 Å². The van der Waals surface area contributed by atoms with Crippen molar-refractivity contribution in [1.82, 2.24) is 4.90 Å². The van der Waals surface area contributed by atoms with E-state index in [1.807, 2.05) is 24.3 Å². The van der Waals surface area contributed by atoms with Crippen LogP contribution in [0.4, 0.5) is 5.69 Å². The van der Waals surface area contributed by atoms with Crippen molar-refractivity contribution in [3.63, 3.8) is 0 Å². The van der Waals surface area contributed by atoms with Crippen LogP contribution in [-0.4, -0.2) is 42.5 Å². The van der Waals surface area contributed by atoms with Crippen LogP contribution < -0.4 is 5.73 Å². The molecule has 1 saturated heterocycles. The van der Waals surface area contributed by atoms with Crippen molar-refractivity contribution >= 4 is 23.2 Å². The molecular weight excluding hydrogens is 252 g/mol.